The molecule has 0 aliphatic heterocycles. The molecule has 0 radical (unpaired) electrons. The molecule has 0 fully saturated rings. The number of hydrogen-bond acceptors (Lipinski definition) is 2. The van der Waals surface area contributed by atoms with E-state index in [0.29, 0.717) is 0 Å². The summed E-state index contributed by atoms with van der Waals surface area (Å²) in [5.41, 5.74) is 8.84. The number of nitrogens with zero attached hydrogens (tertiary/aromatic N) is 2. The average Bonchev–Trinajstić information content (AvgIpc) is 3.86. The van der Waals surface area contributed by atoms with Gasteiger partial charge in [0.15, 0.2) is 5.58 Å². The van der Waals surface area contributed by atoms with Crippen LogP contribution in [0.3, 0.4) is 0 Å². The summed E-state index contributed by atoms with van der Waals surface area (Å²) in [4.78, 5) is 0. The van der Waals surface area contributed by atoms with Crippen molar-refractivity contribution in [1.29, 1.82) is 0 Å². The lowest BCUT2D eigenvalue weighted by molar-refractivity contribution is 0.666. The Hall–Kier alpha value is -5.84. The van der Waals surface area contributed by atoms with Crippen molar-refractivity contribution in [3.8, 4) is 11.4 Å². The van der Waals surface area contributed by atoms with Crippen LogP contribution in [-0.2, 0) is 0 Å². The Balaban J connectivity index is 1.34. The molecule has 11 aromatic rings. The molecule has 46 heavy (non-hydrogen) atoms. The molecule has 11 rings (SSSR count). The fourth-order valence-electron chi connectivity index (χ4n) is 7.84. The van der Waals surface area contributed by atoms with E-state index in [1.807, 2.05) is 17.4 Å². The number of fused-ring (bicyclic) bond motifs is 13. The van der Waals surface area contributed by atoms with Gasteiger partial charge in [0, 0.05) is 47.8 Å². The second-order valence-corrected chi connectivity index (χ2v) is 13.1. The van der Waals surface area contributed by atoms with Crippen molar-refractivity contribution in [1.82, 2.24) is 9.13 Å². The van der Waals surface area contributed by atoms with Gasteiger partial charge in [0.2, 0.25) is 0 Å². The van der Waals surface area contributed by atoms with E-state index in [0.717, 1.165) is 27.6 Å². The standard InChI is InChI=1S/C42H24N2OS/c1-5-17-32-25(11-1)28-23-24-34-39(40(28)44(32)35-19-9-15-29-26-12-3-7-21-37(26)45-41(29)35)31-14-2-6-18-33(31)43(34)36-20-10-16-30-27-13-4-8-22-38(27)46-42(30)36/h1-24H. The highest BCUT2D eigenvalue weighted by atomic mass is 32.1. The predicted molar refractivity (Wildman–Crippen MR) is 195 cm³/mol. The summed E-state index contributed by atoms with van der Waals surface area (Å²) in [5, 5.41) is 9.83. The fraction of sp³-hybridized carbons (Fsp3) is 0. The highest BCUT2D eigenvalue weighted by Gasteiger charge is 2.23. The molecule has 0 N–H and O–H groups in total. The van der Waals surface area contributed by atoms with Crippen molar-refractivity contribution in [2.24, 2.45) is 0 Å². The number of furan rings is 1. The van der Waals surface area contributed by atoms with E-state index < -0.39 is 0 Å². The van der Waals surface area contributed by atoms with Crippen LogP contribution in [0.4, 0.5) is 0 Å². The largest absolute Gasteiger partial charge is 0.454 e. The van der Waals surface area contributed by atoms with E-state index >= 15 is 0 Å². The molecule has 214 valence electrons. The van der Waals surface area contributed by atoms with Gasteiger partial charge in [0.05, 0.1) is 38.1 Å². The van der Waals surface area contributed by atoms with E-state index in [9.17, 15) is 0 Å². The van der Waals surface area contributed by atoms with Crippen LogP contribution in [0, 0.1) is 0 Å². The molecule has 7 aromatic carbocycles. The molecule has 0 amide bonds. The Morgan fingerprint density at radius 1 is 0.413 bits per heavy atom. The van der Waals surface area contributed by atoms with Crippen molar-refractivity contribution in [2.45, 2.75) is 0 Å². The molecule has 0 saturated carbocycles. The van der Waals surface area contributed by atoms with Gasteiger partial charge in [-0.25, -0.2) is 0 Å². The third-order valence-electron chi connectivity index (χ3n) is 9.72. The minimum atomic E-state index is 0.905. The molecular weight excluding hydrogens is 581 g/mol. The Bertz CT molecular complexity index is 3040. The quantitative estimate of drug-likeness (QED) is 0.192. The Labute approximate surface area is 266 Å². The maximum atomic E-state index is 6.63. The summed E-state index contributed by atoms with van der Waals surface area (Å²) in [7, 11) is 0. The lowest BCUT2D eigenvalue weighted by Gasteiger charge is -2.11. The van der Waals surface area contributed by atoms with E-state index in [2.05, 4.69) is 149 Å². The lowest BCUT2D eigenvalue weighted by Crippen LogP contribution is -1.96. The first-order chi connectivity index (χ1) is 22.8. The molecule has 0 aliphatic carbocycles. The molecule has 0 spiro atoms. The molecule has 0 bridgehead atoms. The molecule has 0 saturated heterocycles. The van der Waals surface area contributed by atoms with E-state index in [4.69, 9.17) is 4.42 Å². The van der Waals surface area contributed by atoms with Gasteiger partial charge in [-0.3, -0.25) is 0 Å². The molecular formula is C42H24N2OS. The molecule has 0 aliphatic rings. The van der Waals surface area contributed by atoms with Gasteiger partial charge < -0.3 is 13.6 Å². The summed E-state index contributed by atoms with van der Waals surface area (Å²) in [6.07, 6.45) is 0. The second-order valence-electron chi connectivity index (χ2n) is 12.1. The second kappa shape index (κ2) is 8.87. The van der Waals surface area contributed by atoms with Crippen LogP contribution in [0.15, 0.2) is 150 Å². The molecule has 4 heterocycles. The highest BCUT2D eigenvalue weighted by molar-refractivity contribution is 7.26. The summed E-state index contributed by atoms with van der Waals surface area (Å²) < 4.78 is 14.2. The number of hydrogen-bond donors (Lipinski definition) is 0. The monoisotopic (exact) mass is 604 g/mol. The summed E-state index contributed by atoms with van der Waals surface area (Å²) >= 11 is 1.88. The summed E-state index contributed by atoms with van der Waals surface area (Å²) in [6.45, 7) is 0. The van der Waals surface area contributed by atoms with Crippen molar-refractivity contribution in [3.05, 3.63) is 146 Å². The van der Waals surface area contributed by atoms with Crippen LogP contribution < -0.4 is 0 Å². The normalized spacial score (nSPS) is 12.3. The molecule has 3 nitrogen and oxygen atoms in total. The summed E-state index contributed by atoms with van der Waals surface area (Å²) in [6, 6.07) is 52.6. The molecule has 4 heteroatoms. The van der Waals surface area contributed by atoms with Crippen LogP contribution in [-0.4, -0.2) is 9.13 Å². The first kappa shape index (κ1) is 24.5. The van der Waals surface area contributed by atoms with Gasteiger partial charge in [-0.1, -0.05) is 103 Å². The average molecular weight is 605 g/mol. The van der Waals surface area contributed by atoms with Gasteiger partial charge in [-0.05, 0) is 42.5 Å². The van der Waals surface area contributed by atoms with Crippen molar-refractivity contribution in [3.63, 3.8) is 0 Å². The fourth-order valence-corrected chi connectivity index (χ4v) is 9.04. The van der Waals surface area contributed by atoms with Crippen LogP contribution >= 0.6 is 11.3 Å². The number of thiophene rings is 1. The zero-order chi connectivity index (χ0) is 29.9. The van der Waals surface area contributed by atoms with E-state index in [-0.39, 0.29) is 0 Å². The van der Waals surface area contributed by atoms with E-state index in [1.54, 1.807) is 0 Å². The van der Waals surface area contributed by atoms with Crippen LogP contribution in [0.2, 0.25) is 0 Å². The first-order valence-electron chi connectivity index (χ1n) is 15.6. The van der Waals surface area contributed by atoms with E-state index in [1.165, 1.54) is 69.5 Å². The topological polar surface area (TPSA) is 23.0 Å². The molecule has 0 unspecified atom stereocenters. The smallest absolute Gasteiger partial charge is 0.159 e. The van der Waals surface area contributed by atoms with Gasteiger partial charge in [0.1, 0.15) is 5.58 Å². The zero-order valence-corrected chi connectivity index (χ0v) is 25.4. The molecule has 0 atom stereocenters. The maximum absolute atomic E-state index is 6.63. The number of aromatic nitrogens is 2. The van der Waals surface area contributed by atoms with Gasteiger partial charge in [0.25, 0.3) is 0 Å². The molecule has 4 aromatic heterocycles. The van der Waals surface area contributed by atoms with Crippen LogP contribution in [0.1, 0.15) is 0 Å². The predicted octanol–water partition coefficient (Wildman–Crippen LogP) is 12.1. The number of rotatable bonds is 2. The Kier molecular flexibility index (Phi) is 4.72. The summed E-state index contributed by atoms with van der Waals surface area (Å²) in [5.74, 6) is 0. The lowest BCUT2D eigenvalue weighted by atomic mass is 10.1. The minimum absolute atomic E-state index is 0.905. The first-order valence-corrected chi connectivity index (χ1v) is 16.4. The highest BCUT2D eigenvalue weighted by Crippen LogP contribution is 2.45. The third kappa shape index (κ3) is 3.06. The van der Waals surface area contributed by atoms with Gasteiger partial charge >= 0.3 is 0 Å². The number of benzene rings is 7. The minimum Gasteiger partial charge on any atom is -0.454 e. The zero-order valence-electron chi connectivity index (χ0n) is 24.6. The van der Waals surface area contributed by atoms with Gasteiger partial charge in [-0.2, -0.15) is 0 Å². The van der Waals surface area contributed by atoms with Crippen LogP contribution in [0.25, 0.3) is 97.1 Å². The Morgan fingerprint density at radius 2 is 1.07 bits per heavy atom. The van der Waals surface area contributed by atoms with Gasteiger partial charge in [-0.15, -0.1) is 11.3 Å². The van der Waals surface area contributed by atoms with Crippen molar-refractivity contribution < 1.29 is 4.42 Å². The van der Waals surface area contributed by atoms with Crippen molar-refractivity contribution in [2.75, 3.05) is 0 Å². The maximum Gasteiger partial charge on any atom is 0.159 e. The number of para-hydroxylation sites is 4. The third-order valence-corrected chi connectivity index (χ3v) is 10.9. The SMILES string of the molecule is c1ccc2c(c1)oc1c(-n3c4ccccc4c4ccc5c(c6ccccc6n5-c5cccc6c5sc5ccccc56)c43)cccc12. The Morgan fingerprint density at radius 3 is 1.93 bits per heavy atom. The van der Waals surface area contributed by atoms with Crippen molar-refractivity contribution >= 4 is 97.1 Å². The van der Waals surface area contributed by atoms with Crippen LogP contribution in [0.5, 0.6) is 0 Å².